The first kappa shape index (κ1) is 17.5. The Labute approximate surface area is 145 Å². The van der Waals surface area contributed by atoms with Gasteiger partial charge in [-0.15, -0.1) is 0 Å². The lowest BCUT2D eigenvalue weighted by molar-refractivity contribution is 0.0912. The third kappa shape index (κ3) is 4.00. The van der Waals surface area contributed by atoms with Crippen molar-refractivity contribution < 1.29 is 9.32 Å². The molecule has 0 spiro atoms. The van der Waals surface area contributed by atoms with Gasteiger partial charge in [0.1, 0.15) is 0 Å². The molecule has 2 atom stereocenters. The fourth-order valence-corrected chi connectivity index (χ4v) is 3.68. The Balaban J connectivity index is 1.38. The van der Waals surface area contributed by atoms with Crippen molar-refractivity contribution >= 4 is 5.91 Å². The van der Waals surface area contributed by atoms with Gasteiger partial charge >= 0.3 is 0 Å². The molecular formula is C19H31N3O2. The van der Waals surface area contributed by atoms with E-state index in [-0.39, 0.29) is 11.8 Å². The highest BCUT2D eigenvalue weighted by Gasteiger charge is 2.55. The van der Waals surface area contributed by atoms with E-state index < -0.39 is 0 Å². The Morgan fingerprint density at radius 2 is 2.04 bits per heavy atom. The molecule has 1 saturated heterocycles. The Hall–Kier alpha value is -1.36. The van der Waals surface area contributed by atoms with Gasteiger partial charge in [-0.2, -0.15) is 0 Å². The smallest absolute Gasteiger partial charge is 0.289 e. The fourth-order valence-electron chi connectivity index (χ4n) is 3.68. The zero-order chi connectivity index (χ0) is 17.5. The van der Waals surface area contributed by atoms with Crippen molar-refractivity contribution in [1.29, 1.82) is 0 Å². The van der Waals surface area contributed by atoms with Gasteiger partial charge < -0.3 is 14.7 Å². The summed E-state index contributed by atoms with van der Waals surface area (Å²) in [6.45, 7) is 15.3. The monoisotopic (exact) mass is 333 g/mol. The quantitative estimate of drug-likeness (QED) is 0.869. The molecule has 2 unspecified atom stereocenters. The minimum absolute atomic E-state index is 0.135. The lowest BCUT2D eigenvalue weighted by Gasteiger charge is -2.25. The summed E-state index contributed by atoms with van der Waals surface area (Å²) in [5.74, 6) is 2.65. The summed E-state index contributed by atoms with van der Waals surface area (Å²) in [4.78, 5) is 14.7. The van der Waals surface area contributed by atoms with E-state index in [9.17, 15) is 4.79 Å². The second kappa shape index (κ2) is 6.51. The molecule has 24 heavy (non-hydrogen) atoms. The fraction of sp³-hybridized carbons (Fsp3) is 0.789. The molecule has 1 aliphatic carbocycles. The number of rotatable bonds is 6. The molecule has 1 aromatic rings. The van der Waals surface area contributed by atoms with Gasteiger partial charge in [0.25, 0.3) is 5.91 Å². The lowest BCUT2D eigenvalue weighted by atomic mass is 9.92. The maximum absolute atomic E-state index is 12.2. The van der Waals surface area contributed by atoms with Crippen molar-refractivity contribution in [3.05, 3.63) is 17.5 Å². The zero-order valence-corrected chi connectivity index (χ0v) is 15.6. The van der Waals surface area contributed by atoms with Crippen LogP contribution < -0.4 is 5.32 Å². The first-order valence-corrected chi connectivity index (χ1v) is 9.22. The topological polar surface area (TPSA) is 58.4 Å². The highest BCUT2D eigenvalue weighted by molar-refractivity contribution is 5.91. The molecule has 2 aliphatic rings. The van der Waals surface area contributed by atoms with Crippen LogP contribution in [0.2, 0.25) is 0 Å². The van der Waals surface area contributed by atoms with Crippen LogP contribution in [0.4, 0.5) is 0 Å². The van der Waals surface area contributed by atoms with Gasteiger partial charge in [0, 0.05) is 25.7 Å². The predicted molar refractivity (Wildman–Crippen MR) is 93.9 cm³/mol. The Morgan fingerprint density at radius 3 is 2.58 bits per heavy atom. The molecule has 0 radical (unpaired) electrons. The average molecular weight is 333 g/mol. The lowest BCUT2D eigenvalue weighted by Crippen LogP contribution is -2.32. The van der Waals surface area contributed by atoms with E-state index in [1.54, 1.807) is 6.07 Å². The third-order valence-corrected chi connectivity index (χ3v) is 5.47. The van der Waals surface area contributed by atoms with Gasteiger partial charge in [-0.05, 0) is 42.1 Å². The number of hydrogen-bond acceptors (Lipinski definition) is 4. The van der Waals surface area contributed by atoms with Crippen molar-refractivity contribution in [2.75, 3.05) is 26.2 Å². The van der Waals surface area contributed by atoms with Gasteiger partial charge in [0.2, 0.25) is 5.76 Å². The van der Waals surface area contributed by atoms with Crippen molar-refractivity contribution in [3.63, 3.8) is 0 Å². The maximum atomic E-state index is 12.2. The second-order valence-electron chi connectivity index (χ2n) is 9.04. The summed E-state index contributed by atoms with van der Waals surface area (Å²) in [6, 6.07) is 1.75. The molecule has 1 amide bonds. The number of likely N-dealkylation sites (tertiary alicyclic amines) is 1. The van der Waals surface area contributed by atoms with Crippen molar-refractivity contribution in [3.8, 4) is 0 Å². The summed E-state index contributed by atoms with van der Waals surface area (Å²) in [6.07, 6.45) is 1.25. The summed E-state index contributed by atoms with van der Waals surface area (Å²) < 4.78 is 5.14. The van der Waals surface area contributed by atoms with Crippen LogP contribution in [-0.4, -0.2) is 42.1 Å². The van der Waals surface area contributed by atoms with Crippen LogP contribution in [0.5, 0.6) is 0 Å². The van der Waals surface area contributed by atoms with Gasteiger partial charge in [-0.3, -0.25) is 4.79 Å². The maximum Gasteiger partial charge on any atom is 0.289 e. The molecular weight excluding hydrogens is 302 g/mol. The Bertz CT molecular complexity index is 576. The largest absolute Gasteiger partial charge is 0.351 e. The Kier molecular flexibility index (Phi) is 4.73. The van der Waals surface area contributed by atoms with Gasteiger partial charge in [0.05, 0.1) is 5.69 Å². The van der Waals surface area contributed by atoms with Gasteiger partial charge in [-0.25, -0.2) is 0 Å². The molecule has 3 rings (SSSR count). The van der Waals surface area contributed by atoms with E-state index in [0.717, 1.165) is 24.1 Å². The molecule has 1 N–H and O–H groups in total. The molecule has 0 bridgehead atoms. The molecule has 2 fully saturated rings. The van der Waals surface area contributed by atoms with Crippen LogP contribution in [0.25, 0.3) is 0 Å². The molecule has 134 valence electrons. The van der Waals surface area contributed by atoms with Crippen LogP contribution >= 0.6 is 0 Å². The number of carbonyl (C=O) groups is 1. The normalized spacial score (nSPS) is 26.7. The first-order valence-electron chi connectivity index (χ1n) is 9.22. The summed E-state index contributed by atoms with van der Waals surface area (Å²) in [5.41, 5.74) is 1.24. The van der Waals surface area contributed by atoms with Gasteiger partial charge in [-0.1, -0.05) is 39.8 Å². The second-order valence-corrected chi connectivity index (χ2v) is 9.04. The van der Waals surface area contributed by atoms with E-state index in [2.05, 4.69) is 36.1 Å². The average Bonchev–Trinajstić information content (AvgIpc) is 2.91. The first-order chi connectivity index (χ1) is 11.2. The standard InChI is InChI=1S/C19H31N3O2/c1-12(2)16-8-17(24-21-16)18(23)20-9-13-14-10-22(11-15(13)14)7-6-19(3,4)5/h8,12-15H,6-7,9-11H2,1-5H3,(H,20,23). The van der Waals surface area contributed by atoms with Crippen LogP contribution in [0, 0.1) is 23.2 Å². The van der Waals surface area contributed by atoms with Gasteiger partial charge in [0.15, 0.2) is 0 Å². The van der Waals surface area contributed by atoms with E-state index in [0.29, 0.717) is 17.1 Å². The van der Waals surface area contributed by atoms with Crippen molar-refractivity contribution in [2.24, 2.45) is 23.2 Å². The molecule has 1 aromatic heterocycles. The highest BCUT2D eigenvalue weighted by Crippen LogP contribution is 2.51. The van der Waals surface area contributed by atoms with E-state index >= 15 is 0 Å². The summed E-state index contributed by atoms with van der Waals surface area (Å²) >= 11 is 0. The SMILES string of the molecule is CC(C)c1cc(C(=O)NCC2C3CN(CCC(C)(C)C)CC23)on1. The highest BCUT2D eigenvalue weighted by atomic mass is 16.5. The number of nitrogens with one attached hydrogen (secondary N) is 1. The van der Waals surface area contributed by atoms with Crippen LogP contribution in [0.15, 0.2) is 10.6 Å². The number of amides is 1. The summed E-state index contributed by atoms with van der Waals surface area (Å²) in [5, 5.41) is 6.97. The number of hydrogen-bond donors (Lipinski definition) is 1. The number of carbonyl (C=O) groups excluding carboxylic acids is 1. The van der Waals surface area contributed by atoms with Crippen molar-refractivity contribution in [1.82, 2.24) is 15.4 Å². The Morgan fingerprint density at radius 1 is 1.38 bits per heavy atom. The van der Waals surface area contributed by atoms with Crippen LogP contribution in [0.3, 0.4) is 0 Å². The molecule has 2 heterocycles. The van der Waals surface area contributed by atoms with Crippen LogP contribution in [-0.2, 0) is 0 Å². The number of fused-ring (bicyclic) bond motifs is 1. The molecule has 1 aliphatic heterocycles. The molecule has 5 nitrogen and oxygen atoms in total. The number of piperidine rings is 1. The number of nitrogens with zero attached hydrogens (tertiary/aromatic N) is 2. The zero-order valence-electron chi connectivity index (χ0n) is 15.6. The summed E-state index contributed by atoms with van der Waals surface area (Å²) in [7, 11) is 0. The third-order valence-electron chi connectivity index (χ3n) is 5.47. The minimum Gasteiger partial charge on any atom is -0.351 e. The minimum atomic E-state index is -0.135. The van der Waals surface area contributed by atoms with Crippen molar-refractivity contribution in [2.45, 2.75) is 47.0 Å². The predicted octanol–water partition coefficient (Wildman–Crippen LogP) is 3.14. The van der Waals surface area contributed by atoms with E-state index in [4.69, 9.17) is 4.52 Å². The molecule has 0 aromatic carbocycles. The molecule has 5 heteroatoms. The van der Waals surface area contributed by atoms with E-state index in [1.807, 2.05) is 13.8 Å². The van der Waals surface area contributed by atoms with Crippen LogP contribution in [0.1, 0.15) is 63.2 Å². The molecule has 1 saturated carbocycles. The number of aromatic nitrogens is 1. The van der Waals surface area contributed by atoms with E-state index in [1.165, 1.54) is 26.1 Å².